The minimum atomic E-state index is -6.00. The third-order valence-electron chi connectivity index (χ3n) is 6.66. The van der Waals surface area contributed by atoms with Crippen LogP contribution in [0.15, 0.2) is 67.3 Å². The van der Waals surface area contributed by atoms with Gasteiger partial charge in [-0.3, -0.25) is 9.69 Å². The van der Waals surface area contributed by atoms with E-state index >= 15 is 0 Å². The molecule has 0 saturated carbocycles. The third kappa shape index (κ3) is 6.08. The molecule has 0 radical (unpaired) electrons. The summed E-state index contributed by atoms with van der Waals surface area (Å²) in [7, 11) is -2.38. The summed E-state index contributed by atoms with van der Waals surface area (Å²) >= 11 is 0. The predicted molar refractivity (Wildman–Crippen MR) is 137 cm³/mol. The Bertz CT molecular complexity index is 1310. The fourth-order valence-electron chi connectivity index (χ4n) is 5.14. The van der Waals surface area contributed by atoms with Gasteiger partial charge in [0, 0.05) is 26.5 Å². The highest BCUT2D eigenvalue weighted by Crippen LogP contribution is 2.55. The lowest BCUT2D eigenvalue weighted by atomic mass is 9.95. The molecule has 0 bridgehead atoms. The van der Waals surface area contributed by atoms with E-state index in [-0.39, 0.29) is 12.5 Å². The van der Waals surface area contributed by atoms with Crippen LogP contribution in [0.25, 0.3) is 0 Å². The van der Waals surface area contributed by atoms with Crippen LogP contribution >= 0.6 is 0 Å². The number of amides is 1. The molecule has 1 saturated heterocycles. The maximum atomic E-state index is 13.2. The van der Waals surface area contributed by atoms with Gasteiger partial charge in [0.25, 0.3) is 0 Å². The summed E-state index contributed by atoms with van der Waals surface area (Å²) in [5.41, 5.74) is 2.54. The van der Waals surface area contributed by atoms with Gasteiger partial charge in [0.15, 0.2) is 0 Å². The molecule has 1 atom stereocenters. The molecule has 5 rings (SSSR count). The normalized spacial score (nSPS) is 17.9. The third-order valence-corrected chi connectivity index (χ3v) is 6.66. The van der Waals surface area contributed by atoms with E-state index in [1.54, 1.807) is 19.2 Å². The number of carbonyl (C=O) groups excluding carboxylic acids is 2. The number of carbonyl (C=O) groups is 2. The van der Waals surface area contributed by atoms with Crippen LogP contribution in [0.3, 0.4) is 0 Å². The monoisotopic (exact) mass is 548 g/mol. The van der Waals surface area contributed by atoms with Gasteiger partial charge in [-0.1, -0.05) is 30.3 Å². The van der Waals surface area contributed by atoms with Gasteiger partial charge in [0.2, 0.25) is 12.2 Å². The maximum Gasteiger partial charge on any atom is 0.673 e. The smallest absolute Gasteiger partial charge is 0.458 e. The molecule has 39 heavy (non-hydrogen) atoms. The number of imidazole rings is 1. The SMILES string of the molecule is COCCN1c2ccc(C(=O)OCCn3cc[n+](C)c3)cc2N2C(=O)CCC12c1ccccc1.F[B-](F)(F)F. The van der Waals surface area contributed by atoms with E-state index in [1.165, 1.54) is 0 Å². The van der Waals surface area contributed by atoms with Gasteiger partial charge in [0.1, 0.15) is 31.2 Å². The van der Waals surface area contributed by atoms with Crippen LogP contribution < -0.4 is 14.4 Å². The van der Waals surface area contributed by atoms with E-state index in [2.05, 4.69) is 17.0 Å². The van der Waals surface area contributed by atoms with Crippen molar-refractivity contribution in [3.63, 3.8) is 0 Å². The number of halogens is 4. The lowest BCUT2D eigenvalue weighted by molar-refractivity contribution is -0.671. The topological polar surface area (TPSA) is 67.9 Å². The number of methoxy groups -OCH3 is 1. The zero-order chi connectivity index (χ0) is 28.2. The fourth-order valence-corrected chi connectivity index (χ4v) is 5.14. The van der Waals surface area contributed by atoms with Crippen LogP contribution in [-0.2, 0) is 33.5 Å². The number of hydrogen-bond acceptors (Lipinski definition) is 5. The molecule has 2 aliphatic heterocycles. The molecular formula is C26H29BF4N4O4. The average molecular weight is 548 g/mol. The molecule has 1 aromatic heterocycles. The van der Waals surface area contributed by atoms with Gasteiger partial charge in [0.05, 0.1) is 30.6 Å². The molecule has 0 aliphatic carbocycles. The largest absolute Gasteiger partial charge is 0.673 e. The maximum absolute atomic E-state index is 13.2. The van der Waals surface area contributed by atoms with Crippen LogP contribution in [0.4, 0.5) is 28.6 Å². The summed E-state index contributed by atoms with van der Waals surface area (Å²) in [5.74, 6) is -0.345. The number of hydrogen-bond donors (Lipinski definition) is 0. The lowest BCUT2D eigenvalue weighted by Gasteiger charge is -2.41. The quantitative estimate of drug-likeness (QED) is 0.185. The second-order valence-corrected chi connectivity index (χ2v) is 9.21. The van der Waals surface area contributed by atoms with Gasteiger partial charge in [-0.05, 0) is 23.8 Å². The van der Waals surface area contributed by atoms with Crippen molar-refractivity contribution in [2.24, 2.45) is 7.05 Å². The van der Waals surface area contributed by atoms with Crippen LogP contribution in [-0.4, -0.2) is 50.6 Å². The Morgan fingerprint density at radius 1 is 1.05 bits per heavy atom. The van der Waals surface area contributed by atoms with Crippen molar-refractivity contribution in [1.82, 2.24) is 4.57 Å². The minimum Gasteiger partial charge on any atom is -0.458 e. The minimum absolute atomic E-state index is 0.0519. The van der Waals surface area contributed by atoms with E-state index in [0.717, 1.165) is 16.9 Å². The number of aromatic nitrogens is 2. The van der Waals surface area contributed by atoms with Gasteiger partial charge in [-0.15, -0.1) is 0 Å². The zero-order valence-corrected chi connectivity index (χ0v) is 21.6. The molecule has 8 nitrogen and oxygen atoms in total. The molecule has 3 heterocycles. The first-order chi connectivity index (χ1) is 18.5. The molecule has 2 aromatic carbocycles. The number of ether oxygens (including phenoxy) is 2. The second kappa shape index (κ2) is 11.5. The molecule has 0 spiro atoms. The van der Waals surface area contributed by atoms with Crippen molar-refractivity contribution in [3.05, 3.63) is 78.4 Å². The summed E-state index contributed by atoms with van der Waals surface area (Å²) in [6.07, 6.45) is 6.91. The Morgan fingerprint density at radius 3 is 2.41 bits per heavy atom. The highest BCUT2D eigenvalue weighted by molar-refractivity contribution is 6.50. The molecule has 13 heteroatoms. The van der Waals surface area contributed by atoms with Crippen LogP contribution in [0.1, 0.15) is 28.8 Å². The second-order valence-electron chi connectivity index (χ2n) is 9.21. The number of aryl methyl sites for hydroxylation is 1. The number of anilines is 2. The highest BCUT2D eigenvalue weighted by atomic mass is 19.5. The van der Waals surface area contributed by atoms with Crippen molar-refractivity contribution in [3.8, 4) is 0 Å². The summed E-state index contributed by atoms with van der Waals surface area (Å²) < 4.78 is 53.8. The molecule has 1 fully saturated rings. The van der Waals surface area contributed by atoms with Gasteiger partial charge in [-0.25, -0.2) is 13.9 Å². The fraction of sp³-hybridized carbons (Fsp3) is 0.346. The Balaban J connectivity index is 0.000000648. The van der Waals surface area contributed by atoms with Crippen LogP contribution in [0.5, 0.6) is 0 Å². The first-order valence-corrected chi connectivity index (χ1v) is 12.4. The van der Waals surface area contributed by atoms with E-state index in [1.807, 2.05) is 64.1 Å². The highest BCUT2D eigenvalue weighted by Gasteiger charge is 2.57. The Kier molecular flexibility index (Phi) is 8.29. The van der Waals surface area contributed by atoms with Crippen molar-refractivity contribution in [1.29, 1.82) is 0 Å². The van der Waals surface area contributed by atoms with E-state index in [4.69, 9.17) is 9.47 Å². The van der Waals surface area contributed by atoms with Gasteiger partial charge < -0.3 is 31.6 Å². The summed E-state index contributed by atoms with van der Waals surface area (Å²) in [6, 6.07) is 15.6. The Hall–Kier alpha value is -3.87. The van der Waals surface area contributed by atoms with Crippen molar-refractivity contribution < 1.29 is 40.9 Å². The van der Waals surface area contributed by atoms with Crippen LogP contribution in [0.2, 0.25) is 0 Å². The number of benzene rings is 2. The van der Waals surface area contributed by atoms with Crippen LogP contribution in [0, 0.1) is 0 Å². The number of fused-ring (bicyclic) bond motifs is 3. The summed E-state index contributed by atoms with van der Waals surface area (Å²) in [4.78, 5) is 30.1. The average Bonchev–Trinajstić information content (AvgIpc) is 3.54. The van der Waals surface area contributed by atoms with Crippen molar-refractivity contribution in [2.75, 3.05) is 36.7 Å². The molecular weight excluding hydrogens is 519 g/mol. The predicted octanol–water partition coefficient (Wildman–Crippen LogP) is 3.92. The van der Waals surface area contributed by atoms with Gasteiger partial charge in [-0.2, -0.15) is 0 Å². The first kappa shape index (κ1) is 28.2. The number of rotatable bonds is 8. The van der Waals surface area contributed by atoms with Crippen molar-refractivity contribution >= 4 is 30.5 Å². The summed E-state index contributed by atoms with van der Waals surface area (Å²) in [6.45, 7) is 1.99. The zero-order valence-electron chi connectivity index (χ0n) is 21.6. The molecule has 1 unspecified atom stereocenters. The lowest BCUT2D eigenvalue weighted by Crippen LogP contribution is -2.52. The molecule has 1 amide bonds. The molecule has 2 aliphatic rings. The molecule has 3 aromatic rings. The van der Waals surface area contributed by atoms with E-state index in [9.17, 15) is 26.9 Å². The van der Waals surface area contributed by atoms with E-state index in [0.29, 0.717) is 38.1 Å². The standard InChI is InChI=1S/C26H29N4O4.BF4/c1-27-12-13-28(19-27)14-17-34-25(32)20-8-9-22-23(18-20)30-24(31)10-11-26(30,29(22)15-16-33-2)21-6-4-3-5-7-21;2-1(3,4)5/h3-9,12-13,18-19H,10-11,14-17H2,1-2H3;/q+1;-1. The Morgan fingerprint density at radius 2 is 1.77 bits per heavy atom. The van der Waals surface area contributed by atoms with Crippen molar-refractivity contribution in [2.45, 2.75) is 25.0 Å². The Labute approximate surface area is 223 Å². The number of nitrogens with zero attached hydrogens (tertiary/aromatic N) is 4. The van der Waals surface area contributed by atoms with Gasteiger partial charge >= 0.3 is 13.2 Å². The first-order valence-electron chi connectivity index (χ1n) is 12.4. The molecule has 208 valence electrons. The van der Waals surface area contributed by atoms with E-state index < -0.39 is 18.9 Å². The number of esters is 1. The summed E-state index contributed by atoms with van der Waals surface area (Å²) in [5, 5.41) is 0. The molecule has 0 N–H and O–H groups in total.